The number of hydrogen-bond donors (Lipinski definition) is 3. The van der Waals surface area contributed by atoms with Gasteiger partial charge in [0.2, 0.25) is 0 Å². The van der Waals surface area contributed by atoms with Crippen LogP contribution in [-0.2, 0) is 0 Å². The van der Waals surface area contributed by atoms with E-state index in [2.05, 4.69) is 27.8 Å². The Morgan fingerprint density at radius 3 is 2.27 bits per heavy atom. The summed E-state index contributed by atoms with van der Waals surface area (Å²) in [7, 11) is 0. The highest BCUT2D eigenvalue weighted by molar-refractivity contribution is 6.04. The van der Waals surface area contributed by atoms with Crippen molar-refractivity contribution in [2.45, 2.75) is 33.6 Å². The van der Waals surface area contributed by atoms with Crippen LogP contribution < -0.4 is 20.9 Å². The lowest BCUT2D eigenvalue weighted by atomic mass is 9.97. The molecule has 0 unspecified atom stereocenters. The fourth-order valence-electron chi connectivity index (χ4n) is 3.67. The Morgan fingerprint density at radius 2 is 1.67 bits per heavy atom. The zero-order valence-electron chi connectivity index (χ0n) is 19.3. The lowest BCUT2D eigenvalue weighted by Gasteiger charge is -2.33. The molecule has 2 aromatic carbocycles. The molecule has 1 saturated heterocycles. The third kappa shape index (κ3) is 6.68. The number of nitro groups is 1. The minimum atomic E-state index is -0.503. The molecule has 1 aliphatic rings. The van der Waals surface area contributed by atoms with Gasteiger partial charge in [-0.1, -0.05) is 20.8 Å². The van der Waals surface area contributed by atoms with E-state index in [1.807, 2.05) is 19.9 Å². The average molecular weight is 454 g/mol. The first-order valence-corrected chi connectivity index (χ1v) is 11.2. The molecule has 1 aliphatic heterocycles. The van der Waals surface area contributed by atoms with E-state index >= 15 is 0 Å². The molecule has 0 spiro atoms. The van der Waals surface area contributed by atoms with Crippen molar-refractivity contribution in [1.82, 2.24) is 5.32 Å². The van der Waals surface area contributed by atoms with E-state index in [1.165, 1.54) is 24.3 Å². The van der Waals surface area contributed by atoms with Crippen molar-refractivity contribution in [2.24, 2.45) is 11.8 Å². The van der Waals surface area contributed by atoms with Crippen LogP contribution in [0.5, 0.6) is 0 Å². The van der Waals surface area contributed by atoms with Gasteiger partial charge in [0, 0.05) is 48.8 Å². The average Bonchev–Trinajstić information content (AvgIpc) is 2.78. The summed E-state index contributed by atoms with van der Waals surface area (Å²) in [6.45, 7) is 8.65. The summed E-state index contributed by atoms with van der Waals surface area (Å²) in [6, 6.07) is 10.4. The Bertz CT molecular complexity index is 998. The number of nitrogens with zero attached hydrogens (tertiary/aromatic N) is 2. The van der Waals surface area contributed by atoms with Crippen molar-refractivity contribution >= 4 is 34.7 Å². The molecule has 0 bridgehead atoms. The monoisotopic (exact) mass is 453 g/mol. The Morgan fingerprint density at radius 1 is 1.06 bits per heavy atom. The van der Waals surface area contributed by atoms with E-state index in [4.69, 9.17) is 0 Å². The number of carbonyl (C=O) groups is 2. The van der Waals surface area contributed by atoms with Crippen LogP contribution in [0.1, 0.15) is 44.0 Å². The number of anilines is 3. The number of piperidine rings is 1. The molecule has 0 aliphatic carbocycles. The predicted molar refractivity (Wildman–Crippen MR) is 130 cm³/mol. The third-order valence-electron chi connectivity index (χ3n) is 5.63. The Hall–Kier alpha value is -3.62. The summed E-state index contributed by atoms with van der Waals surface area (Å²) in [5, 5.41) is 19.1. The summed E-state index contributed by atoms with van der Waals surface area (Å²) >= 11 is 0. The van der Waals surface area contributed by atoms with Crippen LogP contribution in [0.4, 0.5) is 27.5 Å². The minimum Gasteiger partial charge on any atom is -0.371 e. The van der Waals surface area contributed by atoms with Gasteiger partial charge in [0.25, 0.3) is 11.6 Å². The molecule has 9 nitrogen and oxygen atoms in total. The molecule has 1 heterocycles. The maximum Gasteiger partial charge on any atom is 0.323 e. The Kier molecular flexibility index (Phi) is 7.87. The number of nitrogens with one attached hydrogen (secondary N) is 3. The van der Waals surface area contributed by atoms with E-state index in [0.29, 0.717) is 35.3 Å². The minimum absolute atomic E-state index is 0.0549. The van der Waals surface area contributed by atoms with Gasteiger partial charge in [0.15, 0.2) is 0 Å². The highest BCUT2D eigenvalue weighted by Crippen LogP contribution is 2.29. The number of benzene rings is 2. The van der Waals surface area contributed by atoms with Gasteiger partial charge in [-0.2, -0.15) is 0 Å². The predicted octanol–water partition coefficient (Wildman–Crippen LogP) is 4.86. The van der Waals surface area contributed by atoms with Crippen molar-refractivity contribution in [2.75, 3.05) is 35.2 Å². The van der Waals surface area contributed by atoms with E-state index in [9.17, 15) is 19.7 Å². The SMILES string of the molecule is CC(C)CNC(=O)c1cc(NC(=O)Nc2ccc([N+](=O)[O-])cc2)ccc1N1CCC(C)CC1. The van der Waals surface area contributed by atoms with Gasteiger partial charge >= 0.3 is 6.03 Å². The molecule has 33 heavy (non-hydrogen) atoms. The van der Waals surface area contributed by atoms with Gasteiger partial charge in [-0.15, -0.1) is 0 Å². The van der Waals surface area contributed by atoms with Crippen LogP contribution >= 0.6 is 0 Å². The molecule has 0 aromatic heterocycles. The molecule has 2 aromatic rings. The van der Waals surface area contributed by atoms with Gasteiger partial charge in [-0.3, -0.25) is 14.9 Å². The third-order valence-corrected chi connectivity index (χ3v) is 5.63. The zero-order chi connectivity index (χ0) is 24.0. The van der Waals surface area contributed by atoms with Crippen LogP contribution in [0, 0.1) is 22.0 Å². The molecule has 9 heteroatoms. The maximum atomic E-state index is 13.0. The fourth-order valence-corrected chi connectivity index (χ4v) is 3.67. The van der Waals surface area contributed by atoms with Crippen molar-refractivity contribution < 1.29 is 14.5 Å². The van der Waals surface area contributed by atoms with E-state index in [1.54, 1.807) is 12.1 Å². The molecular weight excluding hydrogens is 422 g/mol. The van der Waals surface area contributed by atoms with Crippen LogP contribution in [-0.4, -0.2) is 36.5 Å². The van der Waals surface area contributed by atoms with E-state index in [0.717, 1.165) is 31.6 Å². The first kappa shape index (κ1) is 24.0. The molecular formula is C24H31N5O4. The zero-order valence-corrected chi connectivity index (χ0v) is 19.3. The number of rotatable bonds is 7. The van der Waals surface area contributed by atoms with Crippen molar-refractivity contribution in [1.29, 1.82) is 0 Å². The van der Waals surface area contributed by atoms with Crippen molar-refractivity contribution in [3.63, 3.8) is 0 Å². The van der Waals surface area contributed by atoms with Crippen LogP contribution in [0.25, 0.3) is 0 Å². The molecule has 0 atom stereocenters. The molecule has 0 saturated carbocycles. The molecule has 3 rings (SSSR count). The molecule has 3 amide bonds. The summed E-state index contributed by atoms with van der Waals surface area (Å²) in [5.74, 6) is 0.822. The van der Waals surface area contributed by atoms with Crippen LogP contribution in [0.3, 0.4) is 0 Å². The van der Waals surface area contributed by atoms with Crippen molar-refractivity contribution in [3.8, 4) is 0 Å². The first-order chi connectivity index (χ1) is 15.7. The van der Waals surface area contributed by atoms with Crippen LogP contribution in [0.15, 0.2) is 42.5 Å². The van der Waals surface area contributed by atoms with E-state index in [-0.39, 0.29) is 11.6 Å². The largest absolute Gasteiger partial charge is 0.371 e. The molecule has 1 fully saturated rings. The van der Waals surface area contributed by atoms with Gasteiger partial charge in [-0.25, -0.2) is 4.79 Å². The molecule has 0 radical (unpaired) electrons. The molecule has 3 N–H and O–H groups in total. The summed E-state index contributed by atoms with van der Waals surface area (Å²) < 4.78 is 0. The quantitative estimate of drug-likeness (QED) is 0.409. The number of carbonyl (C=O) groups excluding carboxylic acids is 2. The summed E-state index contributed by atoms with van der Waals surface area (Å²) in [6.07, 6.45) is 2.15. The van der Waals surface area contributed by atoms with Gasteiger partial charge in [-0.05, 0) is 55.0 Å². The summed E-state index contributed by atoms with van der Waals surface area (Å²) in [5.41, 5.74) is 2.24. The second-order valence-corrected chi connectivity index (χ2v) is 8.89. The fraction of sp³-hybridized carbons (Fsp3) is 0.417. The standard InChI is InChI=1S/C24H31N5O4/c1-16(2)15-25-23(30)21-14-19(6-9-22(21)28-12-10-17(3)11-13-28)27-24(31)26-18-4-7-20(8-5-18)29(32)33/h4-9,14,16-17H,10-13,15H2,1-3H3,(H,25,30)(H2,26,27,31). The highest BCUT2D eigenvalue weighted by atomic mass is 16.6. The lowest BCUT2D eigenvalue weighted by Crippen LogP contribution is -2.35. The normalized spacial score (nSPS) is 14.1. The number of amides is 3. The number of hydrogen-bond acceptors (Lipinski definition) is 5. The first-order valence-electron chi connectivity index (χ1n) is 11.2. The Labute approximate surface area is 193 Å². The smallest absolute Gasteiger partial charge is 0.323 e. The van der Waals surface area contributed by atoms with Crippen LogP contribution in [0.2, 0.25) is 0 Å². The van der Waals surface area contributed by atoms with Gasteiger partial charge in [0.1, 0.15) is 0 Å². The van der Waals surface area contributed by atoms with E-state index < -0.39 is 11.0 Å². The highest BCUT2D eigenvalue weighted by Gasteiger charge is 2.22. The van der Waals surface area contributed by atoms with Crippen molar-refractivity contribution in [3.05, 3.63) is 58.1 Å². The second kappa shape index (κ2) is 10.8. The molecule has 176 valence electrons. The lowest BCUT2D eigenvalue weighted by molar-refractivity contribution is -0.384. The summed E-state index contributed by atoms with van der Waals surface area (Å²) in [4.78, 5) is 37.9. The second-order valence-electron chi connectivity index (χ2n) is 8.89. The number of non-ortho nitro benzene ring substituents is 1. The number of nitro benzene ring substituents is 1. The van der Waals surface area contributed by atoms with Gasteiger partial charge in [0.05, 0.1) is 10.5 Å². The topological polar surface area (TPSA) is 117 Å². The Balaban J connectivity index is 1.75. The maximum absolute atomic E-state index is 13.0. The number of urea groups is 1. The van der Waals surface area contributed by atoms with Gasteiger partial charge < -0.3 is 20.9 Å².